The molecule has 0 bridgehead atoms. The van der Waals surface area contributed by atoms with Crippen molar-refractivity contribution in [1.29, 1.82) is 0 Å². The molecule has 0 fully saturated rings. The number of carboxylic acids is 1. The molecule has 0 aliphatic rings. The largest absolute Gasteiger partial charge is 0.490 e. The first-order valence-electron chi connectivity index (χ1n) is 8.07. The van der Waals surface area contributed by atoms with Crippen molar-refractivity contribution in [3.05, 3.63) is 65.2 Å². The van der Waals surface area contributed by atoms with Crippen molar-refractivity contribution in [1.82, 2.24) is 0 Å². The highest BCUT2D eigenvalue weighted by Crippen LogP contribution is 2.16. The van der Waals surface area contributed by atoms with Crippen LogP contribution in [0.2, 0.25) is 0 Å². The van der Waals surface area contributed by atoms with Crippen molar-refractivity contribution >= 4 is 11.9 Å². The van der Waals surface area contributed by atoms with E-state index in [9.17, 15) is 18.0 Å². The van der Waals surface area contributed by atoms with Gasteiger partial charge in [0.25, 0.3) is 0 Å². The zero-order chi connectivity index (χ0) is 20.4. The third-order valence-corrected chi connectivity index (χ3v) is 3.34. The lowest BCUT2D eigenvalue weighted by atomic mass is 10.1. The van der Waals surface area contributed by atoms with E-state index in [1.165, 1.54) is 5.56 Å². The fourth-order valence-electron chi connectivity index (χ4n) is 1.96. The van der Waals surface area contributed by atoms with Gasteiger partial charge in [0.05, 0.1) is 5.56 Å². The highest BCUT2D eigenvalue weighted by molar-refractivity contribution is 5.91. The molecule has 0 aromatic heterocycles. The number of aryl methyl sites for hydroxylation is 1. The molecule has 0 radical (unpaired) electrons. The summed E-state index contributed by atoms with van der Waals surface area (Å²) in [7, 11) is 0. The molecule has 2 aromatic rings. The van der Waals surface area contributed by atoms with E-state index in [-0.39, 0.29) is 5.97 Å². The highest BCUT2D eigenvalue weighted by atomic mass is 19.4. The van der Waals surface area contributed by atoms with Gasteiger partial charge in [0.15, 0.2) is 0 Å². The van der Waals surface area contributed by atoms with Crippen molar-refractivity contribution in [2.75, 3.05) is 0 Å². The minimum Gasteiger partial charge on any atom is -0.475 e. The number of hydrogen-bond acceptors (Lipinski definition) is 4. The summed E-state index contributed by atoms with van der Waals surface area (Å²) in [6.07, 6.45) is -2.94. The first kappa shape index (κ1) is 22.2. The molecule has 0 aliphatic heterocycles. The second-order valence-electron chi connectivity index (χ2n) is 5.49. The van der Waals surface area contributed by atoms with Crippen LogP contribution in [0.15, 0.2) is 48.5 Å². The topological polar surface area (TPSA) is 89.6 Å². The van der Waals surface area contributed by atoms with Gasteiger partial charge in [0, 0.05) is 6.54 Å². The number of nitrogens with two attached hydrogens (primary N) is 1. The van der Waals surface area contributed by atoms with Crippen molar-refractivity contribution in [2.45, 2.75) is 32.5 Å². The minimum absolute atomic E-state index is 0.350. The number of halogens is 3. The standard InChI is InChI=1S/C17H19NO2.C2HF3O2/c1-2-3-13-6-10-16(11-7-13)20-17(19)15-8-4-14(12-18)5-9-15;3-2(4,5)1(6)7/h4-11H,2-3,12,18H2,1H3;(H,6,7). The van der Waals surface area contributed by atoms with E-state index in [4.69, 9.17) is 20.4 Å². The van der Waals surface area contributed by atoms with Gasteiger partial charge in [-0.15, -0.1) is 0 Å². The minimum atomic E-state index is -5.08. The van der Waals surface area contributed by atoms with Crippen LogP contribution in [0.5, 0.6) is 5.75 Å². The van der Waals surface area contributed by atoms with Crippen LogP contribution in [0.3, 0.4) is 0 Å². The monoisotopic (exact) mass is 383 g/mol. The van der Waals surface area contributed by atoms with E-state index in [1.54, 1.807) is 12.1 Å². The normalized spacial score (nSPS) is 10.6. The molecule has 5 nitrogen and oxygen atoms in total. The van der Waals surface area contributed by atoms with E-state index in [0.29, 0.717) is 17.9 Å². The van der Waals surface area contributed by atoms with E-state index >= 15 is 0 Å². The van der Waals surface area contributed by atoms with Gasteiger partial charge < -0.3 is 15.6 Å². The third-order valence-electron chi connectivity index (χ3n) is 3.34. The number of carbonyl (C=O) groups excluding carboxylic acids is 1. The fourth-order valence-corrected chi connectivity index (χ4v) is 1.96. The van der Waals surface area contributed by atoms with Gasteiger partial charge in [-0.2, -0.15) is 13.2 Å². The highest BCUT2D eigenvalue weighted by Gasteiger charge is 2.38. The Bertz CT molecular complexity index is 741. The van der Waals surface area contributed by atoms with Gasteiger partial charge in [-0.3, -0.25) is 0 Å². The Labute approximate surface area is 154 Å². The van der Waals surface area contributed by atoms with Crippen LogP contribution < -0.4 is 10.5 Å². The van der Waals surface area contributed by atoms with Gasteiger partial charge in [0.2, 0.25) is 0 Å². The lowest BCUT2D eigenvalue weighted by Gasteiger charge is -2.06. The zero-order valence-corrected chi connectivity index (χ0v) is 14.6. The van der Waals surface area contributed by atoms with Crippen molar-refractivity contribution in [3.63, 3.8) is 0 Å². The molecule has 0 unspecified atom stereocenters. The van der Waals surface area contributed by atoms with Gasteiger partial charge in [-0.1, -0.05) is 37.6 Å². The molecule has 0 atom stereocenters. The molecule has 0 saturated heterocycles. The third kappa shape index (κ3) is 7.91. The summed E-state index contributed by atoms with van der Waals surface area (Å²) in [6.45, 7) is 2.60. The van der Waals surface area contributed by atoms with Crippen LogP contribution in [0.25, 0.3) is 0 Å². The molecule has 2 aromatic carbocycles. The summed E-state index contributed by atoms with van der Waals surface area (Å²) < 4.78 is 37.1. The first-order valence-corrected chi connectivity index (χ1v) is 8.07. The number of carbonyl (C=O) groups is 2. The lowest BCUT2D eigenvalue weighted by molar-refractivity contribution is -0.192. The molecule has 0 saturated carbocycles. The smallest absolute Gasteiger partial charge is 0.475 e. The maximum atomic E-state index is 12.0. The van der Waals surface area contributed by atoms with Crippen LogP contribution in [0.4, 0.5) is 13.2 Å². The summed E-state index contributed by atoms with van der Waals surface area (Å²) in [6, 6.07) is 14.8. The molecule has 27 heavy (non-hydrogen) atoms. The lowest BCUT2D eigenvalue weighted by Crippen LogP contribution is -2.21. The van der Waals surface area contributed by atoms with Gasteiger partial charge >= 0.3 is 18.1 Å². The molecule has 0 aliphatic carbocycles. The maximum Gasteiger partial charge on any atom is 0.490 e. The average molecular weight is 383 g/mol. The van der Waals surface area contributed by atoms with Crippen molar-refractivity contribution in [3.8, 4) is 5.75 Å². The second kappa shape index (κ2) is 10.3. The van der Waals surface area contributed by atoms with Gasteiger partial charge in [-0.05, 0) is 41.8 Å². The molecular weight excluding hydrogens is 363 g/mol. The molecule has 8 heteroatoms. The fraction of sp³-hybridized carbons (Fsp3) is 0.263. The van der Waals surface area contributed by atoms with Crippen molar-refractivity contribution in [2.24, 2.45) is 5.73 Å². The number of esters is 1. The average Bonchev–Trinajstić information content (AvgIpc) is 2.63. The van der Waals surface area contributed by atoms with E-state index < -0.39 is 12.1 Å². The molecule has 0 amide bonds. The summed E-state index contributed by atoms with van der Waals surface area (Å²) in [4.78, 5) is 20.9. The van der Waals surface area contributed by atoms with Crippen LogP contribution in [0.1, 0.15) is 34.8 Å². The number of aliphatic carboxylic acids is 1. The van der Waals surface area contributed by atoms with Crippen LogP contribution in [-0.2, 0) is 17.8 Å². The summed E-state index contributed by atoms with van der Waals surface area (Å²) in [5, 5.41) is 7.12. The Morgan fingerprint density at radius 2 is 1.48 bits per heavy atom. The van der Waals surface area contributed by atoms with Gasteiger partial charge in [-0.25, -0.2) is 9.59 Å². The van der Waals surface area contributed by atoms with E-state index in [0.717, 1.165) is 18.4 Å². The number of alkyl halides is 3. The maximum absolute atomic E-state index is 12.0. The number of hydrogen-bond donors (Lipinski definition) is 2. The van der Waals surface area contributed by atoms with Crippen LogP contribution in [-0.4, -0.2) is 23.2 Å². The predicted octanol–water partition coefficient (Wildman–Crippen LogP) is 3.95. The molecule has 2 rings (SSSR count). The molecule has 146 valence electrons. The van der Waals surface area contributed by atoms with Crippen LogP contribution in [0, 0.1) is 0 Å². The quantitative estimate of drug-likeness (QED) is 0.603. The predicted molar refractivity (Wildman–Crippen MR) is 93.4 cm³/mol. The second-order valence-corrected chi connectivity index (χ2v) is 5.49. The summed E-state index contributed by atoms with van der Waals surface area (Å²) in [5.74, 6) is -2.54. The molecular formula is C19H20F3NO4. The number of benzene rings is 2. The Morgan fingerprint density at radius 1 is 1.00 bits per heavy atom. The molecule has 0 heterocycles. The molecule has 3 N–H and O–H groups in total. The zero-order valence-electron chi connectivity index (χ0n) is 14.6. The Kier molecular flexibility index (Phi) is 8.47. The SMILES string of the molecule is CCCc1ccc(OC(=O)c2ccc(CN)cc2)cc1.O=C(O)C(F)(F)F. The Hall–Kier alpha value is -2.87. The van der Waals surface area contributed by atoms with Crippen LogP contribution >= 0.6 is 0 Å². The number of carboxylic acid groups (broad SMARTS) is 1. The molecule has 0 spiro atoms. The summed E-state index contributed by atoms with van der Waals surface area (Å²) >= 11 is 0. The van der Waals surface area contributed by atoms with E-state index in [1.807, 2.05) is 36.4 Å². The first-order chi connectivity index (χ1) is 12.7. The van der Waals surface area contributed by atoms with E-state index in [2.05, 4.69) is 6.92 Å². The summed E-state index contributed by atoms with van der Waals surface area (Å²) in [5.41, 5.74) is 8.29. The van der Waals surface area contributed by atoms with Gasteiger partial charge in [0.1, 0.15) is 5.75 Å². The number of ether oxygens (including phenoxy) is 1. The van der Waals surface area contributed by atoms with Crippen molar-refractivity contribution < 1.29 is 32.6 Å². The Balaban J connectivity index is 0.000000445. The Morgan fingerprint density at radius 3 is 1.89 bits per heavy atom. The number of rotatable bonds is 5.